The first-order chi connectivity index (χ1) is 11.3. The highest BCUT2D eigenvalue weighted by Crippen LogP contribution is 2.27. The second-order valence-corrected chi connectivity index (χ2v) is 5.50. The van der Waals surface area contributed by atoms with E-state index in [0.29, 0.717) is 23.7 Å². The summed E-state index contributed by atoms with van der Waals surface area (Å²) < 4.78 is 1.75. The van der Waals surface area contributed by atoms with Crippen LogP contribution in [-0.2, 0) is 6.54 Å². The number of nitrogens with zero attached hydrogens (tertiary/aromatic N) is 4. The van der Waals surface area contributed by atoms with E-state index < -0.39 is 0 Å². The average Bonchev–Trinajstić information content (AvgIpc) is 2.92. The molecule has 112 valence electrons. The minimum absolute atomic E-state index is 0.267. The zero-order valence-electron chi connectivity index (χ0n) is 12.0. The zero-order valence-corrected chi connectivity index (χ0v) is 12.7. The van der Waals surface area contributed by atoms with Crippen molar-refractivity contribution in [3.63, 3.8) is 0 Å². The Hall–Kier alpha value is -2.79. The fraction of sp³-hybridized carbons (Fsp3) is 0.0588. The van der Waals surface area contributed by atoms with E-state index in [9.17, 15) is 4.79 Å². The van der Waals surface area contributed by atoms with Gasteiger partial charge in [-0.05, 0) is 12.1 Å². The fourth-order valence-corrected chi connectivity index (χ4v) is 2.98. The molecule has 5 nitrogen and oxygen atoms in total. The highest BCUT2D eigenvalue weighted by Gasteiger charge is 2.23. The fourth-order valence-electron chi connectivity index (χ4n) is 2.76. The van der Waals surface area contributed by atoms with Crippen LogP contribution in [0.25, 0.3) is 5.69 Å². The van der Waals surface area contributed by atoms with Crippen molar-refractivity contribution < 1.29 is 4.79 Å². The van der Waals surface area contributed by atoms with Crippen LogP contribution in [-0.4, -0.2) is 26.8 Å². The number of aromatic nitrogens is 3. The van der Waals surface area contributed by atoms with Crippen LogP contribution >= 0.6 is 11.6 Å². The Morgan fingerprint density at radius 2 is 1.74 bits per heavy atom. The van der Waals surface area contributed by atoms with Gasteiger partial charge in [-0.15, -0.1) is 10.2 Å². The maximum Gasteiger partial charge on any atom is 0.201 e. The van der Waals surface area contributed by atoms with Gasteiger partial charge in [0.2, 0.25) is 5.82 Å². The summed E-state index contributed by atoms with van der Waals surface area (Å²) in [6.45, 7) is 0.329. The van der Waals surface area contributed by atoms with E-state index in [2.05, 4.69) is 15.2 Å². The molecule has 23 heavy (non-hydrogen) atoms. The smallest absolute Gasteiger partial charge is 0.201 e. The van der Waals surface area contributed by atoms with Crippen LogP contribution < -0.4 is 0 Å². The summed E-state index contributed by atoms with van der Waals surface area (Å²) in [6.07, 6.45) is 0.702. The molecule has 0 fully saturated rings. The molecule has 2 aromatic carbocycles. The average molecular weight is 323 g/mol. The molecule has 0 unspecified atom stereocenters. The number of aldehydes is 1. The Balaban J connectivity index is 2.01. The Kier molecular flexibility index (Phi) is 3.28. The van der Waals surface area contributed by atoms with Crippen molar-refractivity contribution in [2.45, 2.75) is 6.54 Å². The van der Waals surface area contributed by atoms with E-state index in [4.69, 9.17) is 11.6 Å². The predicted octanol–water partition coefficient (Wildman–Crippen LogP) is 3.08. The first-order valence-electron chi connectivity index (χ1n) is 7.08. The molecule has 2 heterocycles. The molecule has 0 saturated carbocycles. The van der Waals surface area contributed by atoms with Gasteiger partial charge in [0.25, 0.3) is 0 Å². The third-order valence-electron chi connectivity index (χ3n) is 3.77. The van der Waals surface area contributed by atoms with Gasteiger partial charge in [-0.2, -0.15) is 0 Å². The van der Waals surface area contributed by atoms with Crippen molar-refractivity contribution in [2.24, 2.45) is 4.99 Å². The molecule has 4 rings (SSSR count). The second-order valence-electron chi connectivity index (χ2n) is 5.09. The Morgan fingerprint density at radius 3 is 2.52 bits per heavy atom. The lowest BCUT2D eigenvalue weighted by atomic mass is 10.0. The van der Waals surface area contributed by atoms with Gasteiger partial charge < -0.3 is 0 Å². The van der Waals surface area contributed by atoms with Gasteiger partial charge in [-0.25, -0.2) is 0 Å². The highest BCUT2D eigenvalue weighted by atomic mass is 35.5. The number of aliphatic imine (C=N–C) groups is 1. The van der Waals surface area contributed by atoms with Crippen molar-refractivity contribution >= 4 is 23.6 Å². The molecule has 1 aliphatic heterocycles. The van der Waals surface area contributed by atoms with Crippen LogP contribution in [0.3, 0.4) is 0 Å². The lowest BCUT2D eigenvalue weighted by Gasteiger charge is -2.12. The van der Waals surface area contributed by atoms with Crippen molar-refractivity contribution in [1.82, 2.24) is 14.8 Å². The van der Waals surface area contributed by atoms with E-state index in [-0.39, 0.29) is 5.82 Å². The maximum atomic E-state index is 11.3. The molecule has 0 N–H and O–H groups in total. The van der Waals surface area contributed by atoms with Crippen LogP contribution in [0.2, 0.25) is 5.02 Å². The molecule has 0 aliphatic carbocycles. The molecule has 0 spiro atoms. The van der Waals surface area contributed by atoms with Gasteiger partial charge in [0, 0.05) is 16.1 Å². The first kappa shape index (κ1) is 13.8. The minimum atomic E-state index is 0.267. The van der Waals surface area contributed by atoms with E-state index in [1.807, 2.05) is 48.5 Å². The summed E-state index contributed by atoms with van der Waals surface area (Å²) in [5, 5.41) is 8.63. The van der Waals surface area contributed by atoms with Crippen LogP contribution in [0, 0.1) is 0 Å². The number of para-hydroxylation sites is 1. The first-order valence-corrected chi connectivity index (χ1v) is 7.46. The largest absolute Gasteiger partial charge is 0.294 e. The molecule has 1 aromatic heterocycles. The number of benzene rings is 2. The lowest BCUT2D eigenvalue weighted by Crippen LogP contribution is -2.09. The van der Waals surface area contributed by atoms with Crippen LogP contribution in [0.4, 0.5) is 0 Å². The topological polar surface area (TPSA) is 60.1 Å². The number of rotatable bonds is 2. The molecular formula is C17H11ClN4O. The molecule has 3 aromatic rings. The molecule has 1 aliphatic rings. The van der Waals surface area contributed by atoms with Crippen molar-refractivity contribution in [3.8, 4) is 5.69 Å². The number of carbonyl (C=O) groups excluding carboxylic acids is 1. The van der Waals surface area contributed by atoms with Gasteiger partial charge >= 0.3 is 0 Å². The van der Waals surface area contributed by atoms with Gasteiger partial charge in [0.1, 0.15) is 6.54 Å². The summed E-state index contributed by atoms with van der Waals surface area (Å²) in [5.41, 5.74) is 3.36. The van der Waals surface area contributed by atoms with E-state index >= 15 is 0 Å². The van der Waals surface area contributed by atoms with Crippen molar-refractivity contribution in [1.29, 1.82) is 0 Å². The number of hydrogen-bond acceptors (Lipinski definition) is 4. The molecule has 0 amide bonds. The Bertz CT molecular complexity index is 945. The van der Waals surface area contributed by atoms with E-state index in [1.165, 1.54) is 0 Å². The molecule has 0 bridgehead atoms. The molecule has 6 heteroatoms. The van der Waals surface area contributed by atoms with Crippen LogP contribution in [0.1, 0.15) is 27.6 Å². The van der Waals surface area contributed by atoms with Gasteiger partial charge in [0.05, 0.1) is 11.4 Å². The summed E-state index contributed by atoms with van der Waals surface area (Å²) in [6, 6.07) is 15.3. The summed E-state index contributed by atoms with van der Waals surface area (Å²) in [4.78, 5) is 16.0. The number of halogens is 1. The minimum Gasteiger partial charge on any atom is -0.294 e. The second kappa shape index (κ2) is 5.44. The Morgan fingerprint density at radius 1 is 1.00 bits per heavy atom. The molecular weight excluding hydrogens is 312 g/mol. The Labute approximate surface area is 137 Å². The van der Waals surface area contributed by atoms with Gasteiger partial charge in [-0.1, -0.05) is 48.0 Å². The highest BCUT2D eigenvalue weighted by molar-refractivity contribution is 6.35. The monoisotopic (exact) mass is 322 g/mol. The maximum absolute atomic E-state index is 11.3. The van der Waals surface area contributed by atoms with E-state index in [0.717, 1.165) is 22.5 Å². The summed E-state index contributed by atoms with van der Waals surface area (Å²) >= 11 is 6.35. The normalized spacial score (nSPS) is 12.8. The summed E-state index contributed by atoms with van der Waals surface area (Å²) in [7, 11) is 0. The zero-order chi connectivity index (χ0) is 15.8. The summed E-state index contributed by atoms with van der Waals surface area (Å²) in [5.74, 6) is 0.893. The van der Waals surface area contributed by atoms with Crippen molar-refractivity contribution in [2.75, 3.05) is 0 Å². The van der Waals surface area contributed by atoms with Gasteiger partial charge in [-0.3, -0.25) is 14.4 Å². The lowest BCUT2D eigenvalue weighted by molar-refractivity contribution is 0.111. The van der Waals surface area contributed by atoms with Crippen LogP contribution in [0.15, 0.2) is 53.5 Å². The third-order valence-corrected chi connectivity index (χ3v) is 4.10. The van der Waals surface area contributed by atoms with Crippen LogP contribution in [0.5, 0.6) is 0 Å². The quantitative estimate of drug-likeness (QED) is 0.681. The standard InChI is InChI=1S/C17H11ClN4O/c18-13-7-3-1-5-11(13)17-12-6-2-4-8-14(12)22-15(9-19-17)20-21-16(22)10-23/h1-8,10H,9H2. The number of hydrogen-bond donors (Lipinski definition) is 0. The third kappa shape index (κ3) is 2.17. The predicted molar refractivity (Wildman–Crippen MR) is 87.5 cm³/mol. The van der Waals surface area contributed by atoms with Crippen molar-refractivity contribution in [3.05, 3.63) is 76.3 Å². The SMILES string of the molecule is O=Cc1nnc2n1-c1ccccc1C(c1ccccc1Cl)=NC2. The molecule has 0 radical (unpaired) electrons. The number of carbonyl (C=O) groups is 1. The molecule has 0 atom stereocenters. The van der Waals surface area contributed by atoms with Gasteiger partial charge in [0.15, 0.2) is 12.1 Å². The molecule has 0 saturated heterocycles. The van der Waals surface area contributed by atoms with E-state index in [1.54, 1.807) is 4.57 Å². The number of fused-ring (bicyclic) bond motifs is 3.